The zero-order chi connectivity index (χ0) is 21.3. The minimum atomic E-state index is -1.40. The average Bonchev–Trinajstić information content (AvgIpc) is 2.69. The lowest BCUT2D eigenvalue weighted by molar-refractivity contribution is 0.0402. The summed E-state index contributed by atoms with van der Waals surface area (Å²) in [6, 6.07) is 7.57. The predicted octanol–water partition coefficient (Wildman–Crippen LogP) is 5.17. The molecule has 29 heavy (non-hydrogen) atoms. The molecule has 7 heteroatoms. The molecule has 0 spiro atoms. The Morgan fingerprint density at radius 3 is 2.41 bits per heavy atom. The maximum Gasteiger partial charge on any atom is 0.505 e. The lowest BCUT2D eigenvalue weighted by atomic mass is 10.1. The molecule has 0 aliphatic rings. The van der Waals surface area contributed by atoms with E-state index in [0.29, 0.717) is 25.2 Å². The van der Waals surface area contributed by atoms with Crippen LogP contribution >= 0.6 is 0 Å². The molecule has 2 N–H and O–H groups in total. The molecule has 0 aromatic heterocycles. The average molecular weight is 406 g/mol. The van der Waals surface area contributed by atoms with Gasteiger partial charge in [0.1, 0.15) is 19.0 Å². The number of hydrogen-bond acceptors (Lipinski definition) is 5. The maximum absolute atomic E-state index is 10.5. The van der Waals surface area contributed by atoms with Gasteiger partial charge in [-0.2, -0.15) is 0 Å². The van der Waals surface area contributed by atoms with Gasteiger partial charge in [-0.05, 0) is 37.5 Å². The number of benzene rings is 1. The van der Waals surface area contributed by atoms with Crippen LogP contribution in [0.25, 0.3) is 0 Å². The first-order valence-electron chi connectivity index (χ1n) is 9.94. The smallest absolute Gasteiger partial charge is 0.494 e. The van der Waals surface area contributed by atoms with Crippen LogP contribution in [0.1, 0.15) is 57.4 Å². The first-order valence-corrected chi connectivity index (χ1v) is 9.94. The molecule has 0 amide bonds. The van der Waals surface area contributed by atoms with E-state index in [-0.39, 0.29) is 19.1 Å². The van der Waals surface area contributed by atoms with Crippen molar-refractivity contribution in [1.29, 1.82) is 0 Å². The summed E-state index contributed by atoms with van der Waals surface area (Å²) in [5.41, 5.74) is 0.903. The van der Waals surface area contributed by atoms with Crippen molar-refractivity contribution in [3.05, 3.63) is 29.8 Å². The molecule has 0 atom stereocenters. The van der Waals surface area contributed by atoms with Crippen molar-refractivity contribution in [3.8, 4) is 17.6 Å². The van der Waals surface area contributed by atoms with Crippen molar-refractivity contribution in [2.24, 2.45) is 5.92 Å². The second-order valence-corrected chi connectivity index (χ2v) is 6.65. The van der Waals surface area contributed by atoms with Crippen LogP contribution in [0, 0.1) is 17.8 Å². The molecule has 1 aromatic carbocycles. The summed E-state index contributed by atoms with van der Waals surface area (Å²) < 4.78 is 14.8. The molecular formula is C22H30O7. The van der Waals surface area contributed by atoms with Crippen molar-refractivity contribution in [2.45, 2.75) is 51.9 Å². The van der Waals surface area contributed by atoms with Crippen LogP contribution in [0.3, 0.4) is 0 Å². The van der Waals surface area contributed by atoms with Gasteiger partial charge in [0.25, 0.3) is 0 Å². The molecule has 0 aliphatic carbocycles. The molecule has 0 heterocycles. The van der Waals surface area contributed by atoms with Gasteiger partial charge < -0.3 is 24.4 Å². The lowest BCUT2D eigenvalue weighted by Crippen LogP contribution is -2.20. The van der Waals surface area contributed by atoms with Crippen LogP contribution < -0.4 is 4.74 Å². The Morgan fingerprint density at radius 1 is 1.03 bits per heavy atom. The fourth-order valence-corrected chi connectivity index (χ4v) is 2.62. The second-order valence-electron chi connectivity index (χ2n) is 6.65. The topological polar surface area (TPSA) is 102 Å². The maximum atomic E-state index is 10.5. The monoisotopic (exact) mass is 406 g/mol. The standard InChI is InChI=1S/C22H30O7/c1-2-3-4-5-6-7-10-18-11-8-13-20(15-18)27-14-9-12-19(16-28-21(23)24)17-29-22(25)26/h8,11,13,15,19H,2-6,9,12,14,16-17H2,1H3,(H,23,24)(H,25,26). The quantitative estimate of drug-likeness (QED) is 0.264. The fraction of sp³-hybridized carbons (Fsp3) is 0.545. The number of carboxylic acid groups (broad SMARTS) is 2. The molecular weight excluding hydrogens is 376 g/mol. The number of carbonyl (C=O) groups is 2. The van der Waals surface area contributed by atoms with E-state index in [0.717, 1.165) is 18.4 Å². The Kier molecular flexibility index (Phi) is 12.6. The highest BCUT2D eigenvalue weighted by Gasteiger charge is 2.14. The highest BCUT2D eigenvalue weighted by Crippen LogP contribution is 2.15. The Morgan fingerprint density at radius 2 is 1.76 bits per heavy atom. The van der Waals surface area contributed by atoms with Crippen molar-refractivity contribution in [2.75, 3.05) is 19.8 Å². The third-order valence-electron chi connectivity index (χ3n) is 4.13. The van der Waals surface area contributed by atoms with E-state index in [9.17, 15) is 9.59 Å². The number of ether oxygens (including phenoxy) is 3. The summed E-state index contributed by atoms with van der Waals surface area (Å²) in [4.78, 5) is 21.0. The summed E-state index contributed by atoms with van der Waals surface area (Å²) in [6.45, 7) is 2.35. The summed E-state index contributed by atoms with van der Waals surface area (Å²) in [5.74, 6) is 6.70. The van der Waals surface area contributed by atoms with Crippen LogP contribution in [-0.4, -0.2) is 42.3 Å². The SMILES string of the molecule is CCCCCCC#Cc1cccc(OCCCC(COC(=O)O)COC(=O)O)c1. The molecule has 7 nitrogen and oxygen atoms in total. The number of rotatable bonds is 13. The van der Waals surface area contributed by atoms with E-state index in [1.165, 1.54) is 19.3 Å². The van der Waals surface area contributed by atoms with Gasteiger partial charge in [-0.25, -0.2) is 9.59 Å². The van der Waals surface area contributed by atoms with E-state index in [1.807, 2.05) is 24.3 Å². The van der Waals surface area contributed by atoms with Gasteiger partial charge in [-0.3, -0.25) is 0 Å². The van der Waals surface area contributed by atoms with Crippen molar-refractivity contribution >= 4 is 12.3 Å². The largest absolute Gasteiger partial charge is 0.505 e. The highest BCUT2D eigenvalue weighted by atomic mass is 16.7. The predicted molar refractivity (Wildman–Crippen MR) is 108 cm³/mol. The van der Waals surface area contributed by atoms with E-state index in [2.05, 4.69) is 28.2 Å². The molecule has 160 valence electrons. The van der Waals surface area contributed by atoms with Crippen LogP contribution in [0.2, 0.25) is 0 Å². The second kappa shape index (κ2) is 15.1. The highest BCUT2D eigenvalue weighted by molar-refractivity contribution is 5.57. The van der Waals surface area contributed by atoms with Gasteiger partial charge in [0.05, 0.1) is 6.61 Å². The first-order chi connectivity index (χ1) is 14.0. The summed E-state index contributed by atoms with van der Waals surface area (Å²) in [6.07, 6.45) is 4.00. The number of hydrogen-bond donors (Lipinski definition) is 2. The summed E-state index contributed by atoms with van der Waals surface area (Å²) in [7, 11) is 0. The zero-order valence-corrected chi connectivity index (χ0v) is 16.9. The number of unbranched alkanes of at least 4 members (excludes halogenated alkanes) is 4. The van der Waals surface area contributed by atoms with Gasteiger partial charge in [-0.1, -0.05) is 44.1 Å². The Hall–Kier alpha value is -2.88. The van der Waals surface area contributed by atoms with Gasteiger partial charge in [0.15, 0.2) is 0 Å². The Labute approximate surface area is 172 Å². The van der Waals surface area contributed by atoms with Gasteiger partial charge in [-0.15, -0.1) is 0 Å². The third kappa shape index (κ3) is 13.0. The van der Waals surface area contributed by atoms with Crippen LogP contribution in [0.4, 0.5) is 9.59 Å². The zero-order valence-electron chi connectivity index (χ0n) is 16.9. The van der Waals surface area contributed by atoms with Crippen LogP contribution in [0.5, 0.6) is 5.75 Å². The van der Waals surface area contributed by atoms with Crippen molar-refractivity contribution < 1.29 is 34.0 Å². The molecule has 0 bridgehead atoms. The van der Waals surface area contributed by atoms with Crippen molar-refractivity contribution in [3.63, 3.8) is 0 Å². The Balaban J connectivity index is 2.38. The van der Waals surface area contributed by atoms with E-state index >= 15 is 0 Å². The minimum absolute atomic E-state index is 0.119. The molecule has 0 fully saturated rings. The molecule has 1 aromatic rings. The van der Waals surface area contributed by atoms with Crippen LogP contribution in [0.15, 0.2) is 24.3 Å². The first kappa shape index (κ1) is 24.2. The van der Waals surface area contributed by atoms with Crippen LogP contribution in [-0.2, 0) is 9.47 Å². The molecule has 0 aliphatic heterocycles. The summed E-state index contributed by atoms with van der Waals surface area (Å²) >= 11 is 0. The van der Waals surface area contributed by atoms with E-state index in [4.69, 9.17) is 14.9 Å². The molecule has 0 unspecified atom stereocenters. The van der Waals surface area contributed by atoms with Gasteiger partial charge >= 0.3 is 12.3 Å². The molecule has 0 saturated carbocycles. The lowest BCUT2D eigenvalue weighted by Gasteiger charge is -2.15. The van der Waals surface area contributed by atoms with Gasteiger partial charge in [0, 0.05) is 17.9 Å². The molecule has 0 radical (unpaired) electrons. The molecule has 1 rings (SSSR count). The van der Waals surface area contributed by atoms with Crippen molar-refractivity contribution in [1.82, 2.24) is 0 Å². The third-order valence-corrected chi connectivity index (χ3v) is 4.13. The fourth-order valence-electron chi connectivity index (χ4n) is 2.62. The minimum Gasteiger partial charge on any atom is -0.494 e. The Bertz CT molecular complexity index is 657. The van der Waals surface area contributed by atoms with E-state index < -0.39 is 12.3 Å². The van der Waals surface area contributed by atoms with E-state index in [1.54, 1.807) is 0 Å². The summed E-state index contributed by atoms with van der Waals surface area (Å²) in [5, 5.41) is 17.2. The molecule has 0 saturated heterocycles. The van der Waals surface area contributed by atoms with Gasteiger partial charge in [0.2, 0.25) is 0 Å². The normalized spacial score (nSPS) is 10.1.